The van der Waals surface area contributed by atoms with Gasteiger partial charge in [0.2, 0.25) is 0 Å². The number of nitrogens with one attached hydrogen (secondary N) is 1. The number of imidazole rings is 1. The Bertz CT molecular complexity index is 964. The minimum atomic E-state index is 0.0130. The summed E-state index contributed by atoms with van der Waals surface area (Å²) in [6, 6.07) is 13.2. The Hall–Kier alpha value is -3.26. The number of para-hydroxylation sites is 1. The summed E-state index contributed by atoms with van der Waals surface area (Å²) >= 11 is 0. The fraction of sp³-hybridized carbons (Fsp3) is 0.158. The van der Waals surface area contributed by atoms with E-state index >= 15 is 0 Å². The van der Waals surface area contributed by atoms with Crippen LogP contribution in [0.25, 0.3) is 22.7 Å². The number of hydrogen-bond acceptors (Lipinski definition) is 4. The highest BCUT2D eigenvalue weighted by molar-refractivity contribution is 5.91. The van der Waals surface area contributed by atoms with Gasteiger partial charge in [0, 0.05) is 5.56 Å². The lowest BCUT2D eigenvalue weighted by molar-refractivity contribution is 0.318. The third kappa shape index (κ3) is 2.95. The van der Waals surface area contributed by atoms with Crippen molar-refractivity contribution in [3.63, 3.8) is 0 Å². The Balaban J connectivity index is 2.06. The van der Waals surface area contributed by atoms with Gasteiger partial charge < -0.3 is 14.8 Å². The number of nitrogens with zero attached hydrogens (tertiary/aromatic N) is 2. The van der Waals surface area contributed by atoms with Gasteiger partial charge in [-0.1, -0.05) is 18.2 Å². The normalized spacial score (nSPS) is 11.5. The minimum absolute atomic E-state index is 0.0130. The Labute approximate surface area is 139 Å². The molecule has 0 atom stereocenters. The van der Waals surface area contributed by atoms with E-state index in [9.17, 15) is 10.4 Å². The summed E-state index contributed by atoms with van der Waals surface area (Å²) in [6.07, 6.45) is 1.60. The zero-order chi connectivity index (χ0) is 17.1. The number of aromatic hydroxyl groups is 1. The van der Waals surface area contributed by atoms with Gasteiger partial charge in [0.25, 0.3) is 0 Å². The van der Waals surface area contributed by atoms with Gasteiger partial charge in [-0.3, -0.25) is 0 Å². The van der Waals surface area contributed by atoms with Gasteiger partial charge in [0.1, 0.15) is 11.9 Å². The average molecular weight is 319 g/mol. The molecule has 120 valence electrons. The number of H-pyrrole nitrogens is 1. The SMILES string of the molecule is CCOc1cccc(C=C(C#N)c2nc3ccc(C)cc3[nH]2)c1O. The lowest BCUT2D eigenvalue weighted by Crippen LogP contribution is -1.93. The molecule has 5 heteroatoms. The molecule has 3 rings (SSSR count). The molecule has 0 amide bonds. The molecule has 0 radical (unpaired) electrons. The lowest BCUT2D eigenvalue weighted by Gasteiger charge is -2.07. The standard InChI is InChI=1S/C19H17N3O2/c1-3-24-17-6-4-5-13(18(17)23)10-14(11-20)19-21-15-8-7-12(2)9-16(15)22-19/h4-10,23H,3H2,1-2H3,(H,21,22). The molecule has 0 unspecified atom stereocenters. The first kappa shape index (κ1) is 15.6. The number of fused-ring (bicyclic) bond motifs is 1. The second kappa shape index (κ2) is 6.47. The molecule has 2 aromatic carbocycles. The fourth-order valence-electron chi connectivity index (χ4n) is 2.49. The van der Waals surface area contributed by atoms with Gasteiger partial charge in [-0.15, -0.1) is 0 Å². The van der Waals surface area contributed by atoms with Crippen LogP contribution in [0.4, 0.5) is 0 Å². The van der Waals surface area contributed by atoms with E-state index in [4.69, 9.17) is 4.74 Å². The minimum Gasteiger partial charge on any atom is -0.504 e. The van der Waals surface area contributed by atoms with Crippen LogP contribution in [-0.4, -0.2) is 21.7 Å². The van der Waals surface area contributed by atoms with Crippen LogP contribution in [0.15, 0.2) is 36.4 Å². The van der Waals surface area contributed by atoms with Crippen LogP contribution in [0.1, 0.15) is 23.9 Å². The molecule has 0 aliphatic heterocycles. The molecular formula is C19H17N3O2. The van der Waals surface area contributed by atoms with Gasteiger partial charge >= 0.3 is 0 Å². The third-order valence-corrected chi connectivity index (χ3v) is 3.64. The predicted octanol–water partition coefficient (Wildman–Crippen LogP) is 4.04. The van der Waals surface area contributed by atoms with Crippen molar-refractivity contribution in [2.75, 3.05) is 6.61 Å². The number of phenolic OH excluding ortho intramolecular Hbond substituents is 1. The molecule has 0 aliphatic carbocycles. The van der Waals surface area contributed by atoms with E-state index in [0.717, 1.165) is 16.6 Å². The molecule has 2 N–H and O–H groups in total. The van der Waals surface area contributed by atoms with E-state index in [0.29, 0.717) is 29.3 Å². The zero-order valence-corrected chi connectivity index (χ0v) is 13.5. The van der Waals surface area contributed by atoms with Gasteiger partial charge in [-0.25, -0.2) is 4.98 Å². The van der Waals surface area contributed by atoms with E-state index in [1.54, 1.807) is 24.3 Å². The Kier molecular flexibility index (Phi) is 4.21. The monoisotopic (exact) mass is 319 g/mol. The highest BCUT2D eigenvalue weighted by Crippen LogP contribution is 2.32. The Morgan fingerprint density at radius 2 is 2.21 bits per heavy atom. The molecule has 1 aromatic heterocycles. The average Bonchev–Trinajstić information content (AvgIpc) is 2.98. The Morgan fingerprint density at radius 3 is 2.96 bits per heavy atom. The van der Waals surface area contributed by atoms with Crippen molar-refractivity contribution in [1.82, 2.24) is 9.97 Å². The van der Waals surface area contributed by atoms with E-state index < -0.39 is 0 Å². The van der Waals surface area contributed by atoms with Crippen LogP contribution >= 0.6 is 0 Å². The number of aryl methyl sites for hydroxylation is 1. The van der Waals surface area contributed by atoms with Crippen molar-refractivity contribution in [2.45, 2.75) is 13.8 Å². The molecular weight excluding hydrogens is 302 g/mol. The maximum atomic E-state index is 10.3. The topological polar surface area (TPSA) is 81.9 Å². The number of rotatable bonds is 4. The van der Waals surface area contributed by atoms with E-state index in [1.165, 1.54) is 0 Å². The van der Waals surface area contributed by atoms with E-state index in [1.807, 2.05) is 32.0 Å². The molecule has 0 saturated heterocycles. The maximum Gasteiger partial charge on any atom is 0.165 e. The molecule has 0 spiro atoms. The number of ether oxygens (including phenoxy) is 1. The summed E-state index contributed by atoms with van der Waals surface area (Å²) in [7, 11) is 0. The number of phenols is 1. The second-order valence-corrected chi connectivity index (χ2v) is 5.40. The summed E-state index contributed by atoms with van der Waals surface area (Å²) in [5, 5.41) is 19.8. The third-order valence-electron chi connectivity index (χ3n) is 3.64. The summed E-state index contributed by atoms with van der Waals surface area (Å²) < 4.78 is 5.37. The molecule has 0 saturated carbocycles. The second-order valence-electron chi connectivity index (χ2n) is 5.40. The largest absolute Gasteiger partial charge is 0.504 e. The Morgan fingerprint density at radius 1 is 1.38 bits per heavy atom. The van der Waals surface area contributed by atoms with Crippen LogP contribution in [0, 0.1) is 18.3 Å². The number of benzene rings is 2. The maximum absolute atomic E-state index is 10.3. The first-order chi connectivity index (χ1) is 11.6. The van der Waals surface area contributed by atoms with Crippen molar-refractivity contribution >= 4 is 22.7 Å². The molecule has 0 aliphatic rings. The number of nitriles is 1. The highest BCUT2D eigenvalue weighted by Gasteiger charge is 2.11. The molecule has 5 nitrogen and oxygen atoms in total. The van der Waals surface area contributed by atoms with Gasteiger partial charge in [-0.05, 0) is 43.7 Å². The van der Waals surface area contributed by atoms with Crippen molar-refractivity contribution in [1.29, 1.82) is 5.26 Å². The van der Waals surface area contributed by atoms with Crippen molar-refractivity contribution in [2.24, 2.45) is 0 Å². The van der Waals surface area contributed by atoms with Crippen molar-refractivity contribution in [3.8, 4) is 17.6 Å². The highest BCUT2D eigenvalue weighted by atomic mass is 16.5. The fourth-order valence-corrected chi connectivity index (χ4v) is 2.49. The van der Waals surface area contributed by atoms with Crippen LogP contribution in [0.5, 0.6) is 11.5 Å². The van der Waals surface area contributed by atoms with Gasteiger partial charge in [0.15, 0.2) is 11.5 Å². The summed E-state index contributed by atoms with van der Waals surface area (Å²) in [5.41, 5.74) is 3.63. The van der Waals surface area contributed by atoms with Crippen LogP contribution < -0.4 is 4.74 Å². The number of aromatic amines is 1. The molecule has 0 fully saturated rings. The van der Waals surface area contributed by atoms with Crippen molar-refractivity contribution < 1.29 is 9.84 Å². The van der Waals surface area contributed by atoms with Gasteiger partial charge in [0.05, 0.1) is 23.2 Å². The quantitative estimate of drug-likeness (QED) is 0.711. The van der Waals surface area contributed by atoms with Crippen molar-refractivity contribution in [3.05, 3.63) is 53.3 Å². The van der Waals surface area contributed by atoms with Crippen LogP contribution in [0.3, 0.4) is 0 Å². The summed E-state index contributed by atoms with van der Waals surface area (Å²) in [4.78, 5) is 7.60. The first-order valence-electron chi connectivity index (χ1n) is 7.65. The van der Waals surface area contributed by atoms with E-state index in [-0.39, 0.29) is 5.75 Å². The number of aromatic nitrogens is 2. The molecule has 3 aromatic rings. The molecule has 24 heavy (non-hydrogen) atoms. The van der Waals surface area contributed by atoms with Crippen LogP contribution in [0.2, 0.25) is 0 Å². The predicted molar refractivity (Wildman–Crippen MR) is 93.6 cm³/mol. The molecule has 0 bridgehead atoms. The molecule has 1 heterocycles. The summed E-state index contributed by atoms with van der Waals surface area (Å²) in [5.74, 6) is 0.877. The smallest absolute Gasteiger partial charge is 0.165 e. The van der Waals surface area contributed by atoms with Crippen LogP contribution in [-0.2, 0) is 0 Å². The summed E-state index contributed by atoms with van der Waals surface area (Å²) in [6.45, 7) is 4.30. The van der Waals surface area contributed by atoms with E-state index in [2.05, 4.69) is 16.0 Å². The first-order valence-corrected chi connectivity index (χ1v) is 7.65. The number of allylic oxidation sites excluding steroid dienone is 1. The van der Waals surface area contributed by atoms with Gasteiger partial charge in [-0.2, -0.15) is 5.26 Å². The lowest BCUT2D eigenvalue weighted by atomic mass is 10.1. The number of hydrogen-bond donors (Lipinski definition) is 2. The zero-order valence-electron chi connectivity index (χ0n) is 13.5.